The zero-order valence-corrected chi connectivity index (χ0v) is 11.2. The van der Waals surface area contributed by atoms with E-state index in [1.54, 1.807) is 11.9 Å². The van der Waals surface area contributed by atoms with Gasteiger partial charge in [-0.05, 0) is 18.3 Å². The Morgan fingerprint density at radius 1 is 1.24 bits per heavy atom. The minimum atomic E-state index is -0.557. The van der Waals surface area contributed by atoms with Crippen molar-refractivity contribution in [3.8, 4) is 0 Å². The number of carbonyl (C=O) groups excluding carboxylic acids is 2. The van der Waals surface area contributed by atoms with Crippen LogP contribution in [0.15, 0.2) is 0 Å². The molecule has 1 aliphatic carbocycles. The maximum atomic E-state index is 12.4. The highest BCUT2D eigenvalue weighted by Crippen LogP contribution is 2.39. The molecule has 1 spiro atoms. The highest BCUT2D eigenvalue weighted by atomic mass is 16.2. The second-order valence-corrected chi connectivity index (χ2v) is 6.41. The van der Waals surface area contributed by atoms with Gasteiger partial charge in [-0.15, -0.1) is 0 Å². The number of amides is 2. The normalized spacial score (nSPS) is 28.7. The zero-order valence-electron chi connectivity index (χ0n) is 11.2. The van der Waals surface area contributed by atoms with Crippen molar-refractivity contribution in [2.75, 3.05) is 7.05 Å². The van der Waals surface area contributed by atoms with E-state index in [1.807, 2.05) is 20.8 Å². The number of piperazine rings is 1. The number of rotatable bonds is 0. The van der Waals surface area contributed by atoms with Gasteiger partial charge in [0.1, 0.15) is 11.6 Å². The van der Waals surface area contributed by atoms with Gasteiger partial charge in [-0.3, -0.25) is 9.59 Å². The van der Waals surface area contributed by atoms with Crippen LogP contribution < -0.4 is 5.32 Å². The number of carbonyl (C=O) groups is 2. The summed E-state index contributed by atoms with van der Waals surface area (Å²) >= 11 is 0. The summed E-state index contributed by atoms with van der Waals surface area (Å²) in [5.41, 5.74) is -0.792. The molecule has 96 valence electrons. The minimum Gasteiger partial charge on any atom is -0.342 e. The molecule has 1 saturated heterocycles. The van der Waals surface area contributed by atoms with Crippen LogP contribution in [0.3, 0.4) is 0 Å². The van der Waals surface area contributed by atoms with E-state index in [1.165, 1.54) is 0 Å². The topological polar surface area (TPSA) is 49.4 Å². The number of nitrogens with zero attached hydrogens (tertiary/aromatic N) is 1. The Bertz CT molecular complexity index is 351. The fourth-order valence-corrected chi connectivity index (χ4v) is 2.99. The standard InChI is InChI=1S/C13H22N2O2/c1-12(2,3)9-10(16)15(4)13(11(17)14-9)7-5-6-8-13/h9H,5-8H2,1-4H3,(H,14,17). The summed E-state index contributed by atoms with van der Waals surface area (Å²) < 4.78 is 0. The van der Waals surface area contributed by atoms with E-state index in [0.29, 0.717) is 0 Å². The van der Waals surface area contributed by atoms with E-state index >= 15 is 0 Å². The second-order valence-electron chi connectivity index (χ2n) is 6.41. The first-order valence-electron chi connectivity index (χ1n) is 6.38. The molecule has 0 bridgehead atoms. The Morgan fingerprint density at radius 2 is 1.76 bits per heavy atom. The molecule has 0 aromatic rings. The molecule has 4 nitrogen and oxygen atoms in total. The first-order valence-corrected chi connectivity index (χ1v) is 6.38. The lowest BCUT2D eigenvalue weighted by Crippen LogP contribution is -2.70. The third kappa shape index (κ3) is 1.74. The zero-order chi connectivity index (χ0) is 12.8. The molecule has 0 aromatic carbocycles. The summed E-state index contributed by atoms with van der Waals surface area (Å²) in [7, 11) is 1.78. The third-order valence-electron chi connectivity index (χ3n) is 4.21. The summed E-state index contributed by atoms with van der Waals surface area (Å²) in [6, 6.07) is -0.397. The minimum absolute atomic E-state index is 0.0389. The van der Waals surface area contributed by atoms with Crippen LogP contribution in [-0.4, -0.2) is 35.3 Å². The maximum Gasteiger partial charge on any atom is 0.246 e. The summed E-state index contributed by atoms with van der Waals surface area (Å²) in [4.78, 5) is 26.4. The molecule has 1 N–H and O–H groups in total. The van der Waals surface area contributed by atoms with E-state index in [2.05, 4.69) is 5.32 Å². The molecule has 1 atom stereocenters. The number of likely N-dealkylation sites (N-methyl/N-ethyl adjacent to an activating group) is 1. The van der Waals surface area contributed by atoms with Crippen molar-refractivity contribution in [2.45, 2.75) is 58.0 Å². The molecule has 1 saturated carbocycles. The van der Waals surface area contributed by atoms with Crippen molar-refractivity contribution in [1.29, 1.82) is 0 Å². The Balaban J connectivity index is 2.31. The van der Waals surface area contributed by atoms with Crippen molar-refractivity contribution >= 4 is 11.8 Å². The summed E-state index contributed by atoms with van der Waals surface area (Å²) in [5.74, 6) is 0.0935. The van der Waals surface area contributed by atoms with Crippen molar-refractivity contribution in [2.24, 2.45) is 5.41 Å². The number of nitrogens with one attached hydrogen (secondary N) is 1. The lowest BCUT2D eigenvalue weighted by molar-refractivity contribution is -0.158. The van der Waals surface area contributed by atoms with E-state index in [9.17, 15) is 9.59 Å². The molecule has 0 aromatic heterocycles. The average Bonchev–Trinajstić information content (AvgIpc) is 2.70. The molecule has 4 heteroatoms. The van der Waals surface area contributed by atoms with Gasteiger partial charge in [-0.1, -0.05) is 33.6 Å². The van der Waals surface area contributed by atoms with Crippen LogP contribution in [0.5, 0.6) is 0 Å². The largest absolute Gasteiger partial charge is 0.342 e. The van der Waals surface area contributed by atoms with Crippen molar-refractivity contribution < 1.29 is 9.59 Å². The fraction of sp³-hybridized carbons (Fsp3) is 0.846. The van der Waals surface area contributed by atoms with Crippen LogP contribution in [0.4, 0.5) is 0 Å². The second kappa shape index (κ2) is 3.72. The van der Waals surface area contributed by atoms with E-state index in [-0.39, 0.29) is 17.2 Å². The van der Waals surface area contributed by atoms with Gasteiger partial charge in [-0.25, -0.2) is 0 Å². The smallest absolute Gasteiger partial charge is 0.246 e. The Kier molecular flexibility index (Phi) is 2.71. The SMILES string of the molecule is CN1C(=O)C(C(C)(C)C)NC(=O)C12CCCC2. The van der Waals surface area contributed by atoms with Crippen LogP contribution in [0.25, 0.3) is 0 Å². The van der Waals surface area contributed by atoms with Crippen molar-refractivity contribution in [3.63, 3.8) is 0 Å². The molecule has 2 amide bonds. The molecule has 0 radical (unpaired) electrons. The van der Waals surface area contributed by atoms with Crippen molar-refractivity contribution in [3.05, 3.63) is 0 Å². The molecule has 1 aliphatic heterocycles. The van der Waals surface area contributed by atoms with Crippen LogP contribution in [-0.2, 0) is 9.59 Å². The summed E-state index contributed by atoms with van der Waals surface area (Å²) in [5, 5.41) is 2.94. The van der Waals surface area contributed by atoms with Crippen LogP contribution >= 0.6 is 0 Å². The third-order valence-corrected chi connectivity index (χ3v) is 4.21. The lowest BCUT2D eigenvalue weighted by Gasteiger charge is -2.47. The van der Waals surface area contributed by atoms with Gasteiger partial charge in [0.05, 0.1) is 0 Å². The van der Waals surface area contributed by atoms with E-state index in [4.69, 9.17) is 0 Å². The quantitative estimate of drug-likeness (QED) is 0.691. The molecular weight excluding hydrogens is 216 g/mol. The fourth-order valence-electron chi connectivity index (χ4n) is 2.99. The molecule has 2 rings (SSSR count). The van der Waals surface area contributed by atoms with Gasteiger partial charge in [0.25, 0.3) is 0 Å². The Labute approximate surface area is 103 Å². The van der Waals surface area contributed by atoms with E-state index in [0.717, 1.165) is 25.7 Å². The molecule has 2 aliphatic rings. The van der Waals surface area contributed by atoms with Crippen LogP contribution in [0.1, 0.15) is 46.5 Å². The van der Waals surface area contributed by atoms with Gasteiger partial charge < -0.3 is 10.2 Å². The van der Waals surface area contributed by atoms with E-state index < -0.39 is 11.6 Å². The molecule has 1 heterocycles. The highest BCUT2D eigenvalue weighted by molar-refractivity contribution is 6.00. The van der Waals surface area contributed by atoms with Crippen LogP contribution in [0.2, 0.25) is 0 Å². The van der Waals surface area contributed by atoms with Gasteiger partial charge in [0.2, 0.25) is 11.8 Å². The monoisotopic (exact) mass is 238 g/mol. The maximum absolute atomic E-state index is 12.4. The van der Waals surface area contributed by atoms with Crippen LogP contribution in [0, 0.1) is 5.41 Å². The van der Waals surface area contributed by atoms with Gasteiger partial charge in [0, 0.05) is 7.05 Å². The van der Waals surface area contributed by atoms with Gasteiger partial charge >= 0.3 is 0 Å². The molecule has 2 fully saturated rings. The number of hydrogen-bond donors (Lipinski definition) is 1. The predicted molar refractivity (Wildman–Crippen MR) is 65.4 cm³/mol. The lowest BCUT2D eigenvalue weighted by atomic mass is 9.80. The van der Waals surface area contributed by atoms with Gasteiger partial charge in [0.15, 0.2) is 0 Å². The Morgan fingerprint density at radius 3 is 2.24 bits per heavy atom. The first-order chi connectivity index (χ1) is 7.79. The average molecular weight is 238 g/mol. The first kappa shape index (κ1) is 12.4. The summed E-state index contributed by atoms with van der Waals surface area (Å²) in [6.45, 7) is 5.95. The van der Waals surface area contributed by atoms with Crippen molar-refractivity contribution in [1.82, 2.24) is 10.2 Å². The molecular formula is C13H22N2O2. The highest BCUT2D eigenvalue weighted by Gasteiger charge is 2.54. The predicted octanol–water partition coefficient (Wildman–Crippen LogP) is 1.30. The summed E-state index contributed by atoms with van der Waals surface area (Å²) in [6.07, 6.45) is 3.67. The Hall–Kier alpha value is -1.06. The number of hydrogen-bond acceptors (Lipinski definition) is 2. The van der Waals surface area contributed by atoms with Gasteiger partial charge in [-0.2, -0.15) is 0 Å². The molecule has 1 unspecified atom stereocenters. The molecule has 17 heavy (non-hydrogen) atoms.